The zero-order valence-corrected chi connectivity index (χ0v) is 12.8. The van der Waals surface area contributed by atoms with E-state index in [1.807, 2.05) is 18.2 Å². The van der Waals surface area contributed by atoms with E-state index < -0.39 is 0 Å². The van der Waals surface area contributed by atoms with Gasteiger partial charge in [-0.2, -0.15) is 0 Å². The number of carbonyl (C=O) groups excluding carboxylic acids is 1. The van der Waals surface area contributed by atoms with E-state index in [-0.39, 0.29) is 5.91 Å². The fraction of sp³-hybridized carbons (Fsp3) is 0.588. The SMILES string of the molecule is CCc1ccccc1NC(=O)CN1CCN2CCCC2C1. The van der Waals surface area contributed by atoms with Gasteiger partial charge >= 0.3 is 0 Å². The average Bonchev–Trinajstić information content (AvgIpc) is 2.95. The van der Waals surface area contributed by atoms with Crippen LogP contribution in [-0.2, 0) is 11.2 Å². The van der Waals surface area contributed by atoms with Crippen LogP contribution in [-0.4, -0.2) is 54.5 Å². The van der Waals surface area contributed by atoms with E-state index in [0.29, 0.717) is 12.6 Å². The Morgan fingerprint density at radius 3 is 3.00 bits per heavy atom. The molecule has 4 heteroatoms. The highest BCUT2D eigenvalue weighted by atomic mass is 16.2. The first-order valence-corrected chi connectivity index (χ1v) is 8.10. The minimum absolute atomic E-state index is 0.113. The molecule has 1 atom stereocenters. The van der Waals surface area contributed by atoms with Crippen molar-refractivity contribution in [3.05, 3.63) is 29.8 Å². The Morgan fingerprint density at radius 2 is 2.14 bits per heavy atom. The first-order chi connectivity index (χ1) is 10.3. The molecule has 0 radical (unpaired) electrons. The predicted molar refractivity (Wildman–Crippen MR) is 85.5 cm³/mol. The minimum atomic E-state index is 0.113. The Hall–Kier alpha value is -1.39. The molecule has 1 amide bonds. The summed E-state index contributed by atoms with van der Waals surface area (Å²) in [7, 11) is 0. The Morgan fingerprint density at radius 1 is 1.29 bits per heavy atom. The van der Waals surface area contributed by atoms with Gasteiger partial charge < -0.3 is 5.32 Å². The molecule has 2 aliphatic heterocycles. The molecule has 2 saturated heterocycles. The Kier molecular flexibility index (Phi) is 4.56. The van der Waals surface area contributed by atoms with Gasteiger partial charge in [-0.1, -0.05) is 25.1 Å². The molecule has 0 aliphatic carbocycles. The summed E-state index contributed by atoms with van der Waals surface area (Å²) < 4.78 is 0. The van der Waals surface area contributed by atoms with E-state index >= 15 is 0 Å². The van der Waals surface area contributed by atoms with Gasteiger partial charge in [-0.05, 0) is 37.4 Å². The highest BCUT2D eigenvalue weighted by Gasteiger charge is 2.31. The Bertz CT molecular complexity index is 503. The summed E-state index contributed by atoms with van der Waals surface area (Å²) >= 11 is 0. The fourth-order valence-corrected chi connectivity index (χ4v) is 3.54. The first kappa shape index (κ1) is 14.5. The van der Waals surface area contributed by atoms with Crippen molar-refractivity contribution < 1.29 is 4.79 Å². The lowest BCUT2D eigenvalue weighted by atomic mass is 10.1. The molecule has 1 unspecified atom stereocenters. The molecule has 2 heterocycles. The predicted octanol–water partition coefficient (Wildman–Crippen LogP) is 1.97. The van der Waals surface area contributed by atoms with Crippen molar-refractivity contribution in [1.29, 1.82) is 0 Å². The van der Waals surface area contributed by atoms with E-state index in [4.69, 9.17) is 0 Å². The summed E-state index contributed by atoms with van der Waals surface area (Å²) in [4.78, 5) is 17.1. The van der Waals surface area contributed by atoms with E-state index in [1.165, 1.54) is 24.9 Å². The molecule has 2 aliphatic rings. The summed E-state index contributed by atoms with van der Waals surface area (Å²) in [5.41, 5.74) is 2.16. The maximum atomic E-state index is 12.3. The standard InChI is InChI=1S/C17H25N3O/c1-2-14-6-3-4-8-16(14)18-17(21)13-19-10-11-20-9-5-7-15(20)12-19/h3-4,6,8,15H,2,5,7,9-13H2,1H3,(H,18,21). The van der Waals surface area contributed by atoms with Gasteiger partial charge in [-0.25, -0.2) is 0 Å². The molecule has 21 heavy (non-hydrogen) atoms. The zero-order chi connectivity index (χ0) is 14.7. The molecular formula is C17H25N3O. The third-order valence-electron chi connectivity index (χ3n) is 4.71. The van der Waals surface area contributed by atoms with E-state index in [2.05, 4.69) is 28.1 Å². The normalized spacial score (nSPS) is 23.0. The van der Waals surface area contributed by atoms with Crippen LogP contribution in [0.5, 0.6) is 0 Å². The van der Waals surface area contributed by atoms with Gasteiger partial charge in [-0.15, -0.1) is 0 Å². The third kappa shape index (κ3) is 3.44. The molecule has 0 spiro atoms. The van der Waals surface area contributed by atoms with E-state index in [0.717, 1.165) is 31.7 Å². The van der Waals surface area contributed by atoms with Gasteiger partial charge in [-0.3, -0.25) is 14.6 Å². The van der Waals surface area contributed by atoms with Gasteiger partial charge in [0.15, 0.2) is 0 Å². The molecule has 2 fully saturated rings. The summed E-state index contributed by atoms with van der Waals surface area (Å²) in [6.45, 7) is 7.05. The van der Waals surface area contributed by atoms with Crippen LogP contribution in [0.3, 0.4) is 0 Å². The van der Waals surface area contributed by atoms with Crippen LogP contribution in [0.1, 0.15) is 25.3 Å². The largest absolute Gasteiger partial charge is 0.325 e. The molecule has 4 nitrogen and oxygen atoms in total. The Balaban J connectivity index is 1.54. The molecular weight excluding hydrogens is 262 g/mol. The number of carbonyl (C=O) groups is 1. The topological polar surface area (TPSA) is 35.6 Å². The van der Waals surface area contributed by atoms with Crippen molar-refractivity contribution in [2.45, 2.75) is 32.2 Å². The summed E-state index contributed by atoms with van der Waals surface area (Å²) in [6.07, 6.45) is 3.54. The summed E-state index contributed by atoms with van der Waals surface area (Å²) in [5.74, 6) is 0.113. The number of benzene rings is 1. The Labute approximate surface area is 127 Å². The molecule has 114 valence electrons. The van der Waals surface area contributed by atoms with Crippen LogP contribution < -0.4 is 5.32 Å². The number of amides is 1. The smallest absolute Gasteiger partial charge is 0.238 e. The lowest BCUT2D eigenvalue weighted by Crippen LogP contribution is -2.51. The number of nitrogens with zero attached hydrogens (tertiary/aromatic N) is 2. The maximum absolute atomic E-state index is 12.3. The molecule has 1 aromatic rings. The van der Waals surface area contributed by atoms with Gasteiger partial charge in [0.2, 0.25) is 5.91 Å². The van der Waals surface area contributed by atoms with Crippen LogP contribution in [0.15, 0.2) is 24.3 Å². The number of anilines is 1. The van der Waals surface area contributed by atoms with Crippen molar-refractivity contribution in [1.82, 2.24) is 9.80 Å². The highest BCUT2D eigenvalue weighted by molar-refractivity contribution is 5.93. The number of piperazine rings is 1. The van der Waals surface area contributed by atoms with Crippen molar-refractivity contribution >= 4 is 11.6 Å². The van der Waals surface area contributed by atoms with E-state index in [9.17, 15) is 4.79 Å². The van der Waals surface area contributed by atoms with Crippen LogP contribution in [0.2, 0.25) is 0 Å². The lowest BCUT2D eigenvalue weighted by molar-refractivity contribution is -0.117. The number of rotatable bonds is 4. The van der Waals surface area contributed by atoms with Crippen LogP contribution in [0.25, 0.3) is 0 Å². The second-order valence-corrected chi connectivity index (χ2v) is 6.13. The molecule has 1 N–H and O–H groups in total. The van der Waals surface area contributed by atoms with Crippen LogP contribution in [0, 0.1) is 0 Å². The number of fused-ring (bicyclic) bond motifs is 1. The van der Waals surface area contributed by atoms with Crippen molar-refractivity contribution in [3.63, 3.8) is 0 Å². The van der Waals surface area contributed by atoms with Gasteiger partial charge in [0.25, 0.3) is 0 Å². The number of hydrogen-bond acceptors (Lipinski definition) is 3. The van der Waals surface area contributed by atoms with Gasteiger partial charge in [0, 0.05) is 31.4 Å². The lowest BCUT2D eigenvalue weighted by Gasteiger charge is -2.37. The average molecular weight is 287 g/mol. The minimum Gasteiger partial charge on any atom is -0.325 e. The number of nitrogens with one attached hydrogen (secondary N) is 1. The zero-order valence-electron chi connectivity index (χ0n) is 12.8. The van der Waals surface area contributed by atoms with E-state index in [1.54, 1.807) is 0 Å². The van der Waals surface area contributed by atoms with Crippen molar-refractivity contribution in [2.75, 3.05) is 38.0 Å². The van der Waals surface area contributed by atoms with Crippen molar-refractivity contribution in [2.24, 2.45) is 0 Å². The van der Waals surface area contributed by atoms with Gasteiger partial charge in [0.1, 0.15) is 0 Å². The quantitative estimate of drug-likeness (QED) is 0.919. The van der Waals surface area contributed by atoms with Gasteiger partial charge in [0.05, 0.1) is 6.54 Å². The van der Waals surface area contributed by atoms with Crippen LogP contribution in [0.4, 0.5) is 5.69 Å². The second-order valence-electron chi connectivity index (χ2n) is 6.13. The molecule has 3 rings (SSSR count). The molecule has 0 aromatic heterocycles. The third-order valence-corrected chi connectivity index (χ3v) is 4.71. The van der Waals surface area contributed by atoms with Crippen molar-refractivity contribution in [3.8, 4) is 0 Å². The fourth-order valence-electron chi connectivity index (χ4n) is 3.54. The highest BCUT2D eigenvalue weighted by Crippen LogP contribution is 2.21. The maximum Gasteiger partial charge on any atom is 0.238 e. The summed E-state index contributed by atoms with van der Waals surface area (Å²) in [6, 6.07) is 8.74. The van der Waals surface area contributed by atoms with Crippen LogP contribution >= 0.6 is 0 Å². The number of hydrogen-bond donors (Lipinski definition) is 1. The molecule has 1 aromatic carbocycles. The first-order valence-electron chi connectivity index (χ1n) is 8.10. The second kappa shape index (κ2) is 6.58. The number of aryl methyl sites for hydroxylation is 1. The molecule has 0 bridgehead atoms. The molecule has 0 saturated carbocycles. The number of para-hydroxylation sites is 1. The monoisotopic (exact) mass is 287 g/mol. The summed E-state index contributed by atoms with van der Waals surface area (Å²) in [5, 5.41) is 3.07.